The predicted molar refractivity (Wildman–Crippen MR) is 123 cm³/mol. The normalized spacial score (nSPS) is 13.5. The second-order valence-corrected chi connectivity index (χ2v) is 7.72. The molecule has 0 atom stereocenters. The minimum Gasteiger partial charge on any atom is -0.326 e. The Balaban J connectivity index is 1.82. The van der Waals surface area contributed by atoms with Crippen molar-refractivity contribution in [1.82, 2.24) is 0 Å². The molecular formula is C25H21ClN2O2. The zero-order valence-corrected chi connectivity index (χ0v) is 17.5. The molecule has 0 saturated heterocycles. The van der Waals surface area contributed by atoms with E-state index in [4.69, 9.17) is 11.6 Å². The SMILES string of the molecule is CC(=O)Nc1ccccc1-c1ccc2c(c1)CN(C(C)=O)c1ccc(Cl)cc1/C=C\2. The maximum absolute atomic E-state index is 12.5. The summed E-state index contributed by atoms with van der Waals surface area (Å²) in [5, 5.41) is 3.52. The van der Waals surface area contributed by atoms with Gasteiger partial charge in [-0.25, -0.2) is 0 Å². The molecule has 0 saturated carbocycles. The third kappa shape index (κ3) is 4.00. The molecule has 1 aliphatic rings. The van der Waals surface area contributed by atoms with Crippen molar-refractivity contribution in [3.63, 3.8) is 0 Å². The van der Waals surface area contributed by atoms with E-state index in [1.54, 1.807) is 17.9 Å². The summed E-state index contributed by atoms with van der Waals surface area (Å²) in [5.74, 6) is -0.154. The molecule has 1 heterocycles. The molecule has 0 aliphatic carbocycles. The van der Waals surface area contributed by atoms with Crippen LogP contribution in [0.4, 0.5) is 11.4 Å². The smallest absolute Gasteiger partial charge is 0.224 e. The van der Waals surface area contributed by atoms with E-state index in [-0.39, 0.29) is 11.8 Å². The van der Waals surface area contributed by atoms with Gasteiger partial charge in [-0.1, -0.05) is 54.1 Å². The van der Waals surface area contributed by atoms with Gasteiger partial charge >= 0.3 is 0 Å². The fourth-order valence-corrected chi connectivity index (χ4v) is 3.91. The highest BCUT2D eigenvalue weighted by Gasteiger charge is 2.19. The fraction of sp³-hybridized carbons (Fsp3) is 0.120. The molecule has 0 bridgehead atoms. The number of hydrogen-bond acceptors (Lipinski definition) is 2. The van der Waals surface area contributed by atoms with E-state index in [1.165, 1.54) is 6.92 Å². The lowest BCUT2D eigenvalue weighted by Crippen LogP contribution is -2.29. The highest BCUT2D eigenvalue weighted by molar-refractivity contribution is 6.30. The van der Waals surface area contributed by atoms with Gasteiger partial charge in [0, 0.05) is 30.1 Å². The number of para-hydroxylation sites is 1. The van der Waals surface area contributed by atoms with Crippen molar-refractivity contribution < 1.29 is 9.59 Å². The molecule has 0 unspecified atom stereocenters. The Labute approximate surface area is 180 Å². The van der Waals surface area contributed by atoms with E-state index in [2.05, 4.69) is 11.4 Å². The zero-order chi connectivity index (χ0) is 21.3. The molecule has 5 heteroatoms. The van der Waals surface area contributed by atoms with E-state index < -0.39 is 0 Å². The molecule has 4 rings (SSSR count). The van der Waals surface area contributed by atoms with Gasteiger partial charge in [0.1, 0.15) is 0 Å². The van der Waals surface area contributed by atoms with Crippen molar-refractivity contribution >= 4 is 46.9 Å². The summed E-state index contributed by atoms with van der Waals surface area (Å²) in [5.41, 5.74) is 6.47. The van der Waals surface area contributed by atoms with Crippen LogP contribution in [0.25, 0.3) is 23.3 Å². The number of fused-ring (bicyclic) bond motifs is 2. The summed E-state index contributed by atoms with van der Waals surface area (Å²) in [4.78, 5) is 25.8. The van der Waals surface area contributed by atoms with Crippen molar-refractivity contribution in [2.45, 2.75) is 20.4 Å². The Morgan fingerprint density at radius 1 is 0.933 bits per heavy atom. The first-order chi connectivity index (χ1) is 14.4. The lowest BCUT2D eigenvalue weighted by atomic mass is 9.95. The van der Waals surface area contributed by atoms with Crippen molar-refractivity contribution in [2.24, 2.45) is 0 Å². The Hall–Kier alpha value is -3.37. The van der Waals surface area contributed by atoms with E-state index in [0.717, 1.165) is 39.2 Å². The molecule has 0 fully saturated rings. The van der Waals surface area contributed by atoms with Crippen LogP contribution in [0.5, 0.6) is 0 Å². The second-order valence-electron chi connectivity index (χ2n) is 7.28. The number of hydrogen-bond donors (Lipinski definition) is 1. The first-order valence-electron chi connectivity index (χ1n) is 9.68. The monoisotopic (exact) mass is 416 g/mol. The minimum atomic E-state index is -0.116. The zero-order valence-electron chi connectivity index (χ0n) is 16.8. The number of nitrogens with one attached hydrogen (secondary N) is 1. The van der Waals surface area contributed by atoms with Gasteiger partial charge in [-0.2, -0.15) is 0 Å². The van der Waals surface area contributed by atoms with Crippen LogP contribution in [0.1, 0.15) is 30.5 Å². The molecule has 150 valence electrons. The van der Waals surface area contributed by atoms with Crippen LogP contribution in [0.3, 0.4) is 0 Å². The van der Waals surface area contributed by atoms with Crippen LogP contribution in [-0.4, -0.2) is 11.8 Å². The van der Waals surface area contributed by atoms with Crippen molar-refractivity contribution in [2.75, 3.05) is 10.2 Å². The number of nitrogens with zero attached hydrogens (tertiary/aromatic N) is 1. The van der Waals surface area contributed by atoms with Crippen LogP contribution in [0.2, 0.25) is 5.02 Å². The minimum absolute atomic E-state index is 0.0381. The van der Waals surface area contributed by atoms with E-state index in [0.29, 0.717) is 11.6 Å². The van der Waals surface area contributed by atoms with Gasteiger partial charge in [0.25, 0.3) is 0 Å². The summed E-state index contributed by atoms with van der Waals surface area (Å²) < 4.78 is 0. The lowest BCUT2D eigenvalue weighted by molar-refractivity contribution is -0.116. The molecule has 0 spiro atoms. The highest BCUT2D eigenvalue weighted by Crippen LogP contribution is 2.34. The third-order valence-electron chi connectivity index (χ3n) is 5.12. The molecule has 2 amide bonds. The lowest BCUT2D eigenvalue weighted by Gasteiger charge is -2.26. The molecule has 0 radical (unpaired) electrons. The molecule has 30 heavy (non-hydrogen) atoms. The van der Waals surface area contributed by atoms with Gasteiger partial charge in [-0.05, 0) is 52.6 Å². The Morgan fingerprint density at radius 3 is 2.47 bits per heavy atom. The second kappa shape index (κ2) is 8.17. The summed E-state index contributed by atoms with van der Waals surface area (Å²) in [6.45, 7) is 3.51. The topological polar surface area (TPSA) is 49.4 Å². The molecule has 0 aromatic heterocycles. The van der Waals surface area contributed by atoms with Crippen LogP contribution >= 0.6 is 11.6 Å². The number of halogens is 1. The number of carbonyl (C=O) groups excluding carboxylic acids is 2. The molecule has 3 aromatic carbocycles. The largest absolute Gasteiger partial charge is 0.326 e. The summed E-state index contributed by atoms with van der Waals surface area (Å²) in [7, 11) is 0. The molecular weight excluding hydrogens is 396 g/mol. The third-order valence-corrected chi connectivity index (χ3v) is 5.36. The van der Waals surface area contributed by atoms with Gasteiger partial charge < -0.3 is 10.2 Å². The van der Waals surface area contributed by atoms with Crippen LogP contribution < -0.4 is 10.2 Å². The van der Waals surface area contributed by atoms with E-state index in [1.807, 2.05) is 60.7 Å². The fourth-order valence-electron chi connectivity index (χ4n) is 3.73. The maximum Gasteiger partial charge on any atom is 0.224 e. The average Bonchev–Trinajstić information content (AvgIpc) is 2.69. The molecule has 4 nitrogen and oxygen atoms in total. The number of benzene rings is 3. The van der Waals surface area contributed by atoms with Gasteiger partial charge in [-0.3, -0.25) is 9.59 Å². The average molecular weight is 417 g/mol. The van der Waals surface area contributed by atoms with Crippen LogP contribution in [-0.2, 0) is 16.1 Å². The Morgan fingerprint density at radius 2 is 1.70 bits per heavy atom. The highest BCUT2D eigenvalue weighted by atomic mass is 35.5. The van der Waals surface area contributed by atoms with Crippen LogP contribution in [0.15, 0.2) is 60.7 Å². The summed E-state index contributed by atoms with van der Waals surface area (Å²) in [6.07, 6.45) is 4.03. The summed E-state index contributed by atoms with van der Waals surface area (Å²) >= 11 is 6.17. The number of rotatable bonds is 2. The summed E-state index contributed by atoms with van der Waals surface area (Å²) in [6, 6.07) is 19.4. The first kappa shape index (κ1) is 19.9. The Kier molecular flexibility index (Phi) is 5.42. The van der Waals surface area contributed by atoms with Crippen LogP contribution in [0, 0.1) is 0 Å². The number of amides is 2. The molecule has 3 aromatic rings. The van der Waals surface area contributed by atoms with Crippen molar-refractivity contribution in [1.29, 1.82) is 0 Å². The number of carbonyl (C=O) groups is 2. The predicted octanol–water partition coefficient (Wildman–Crippen LogP) is 6.00. The van der Waals surface area contributed by atoms with Gasteiger partial charge in [0.15, 0.2) is 0 Å². The van der Waals surface area contributed by atoms with Gasteiger partial charge in [0.05, 0.1) is 12.2 Å². The molecule has 1 N–H and O–H groups in total. The standard InChI is InChI=1S/C25H21ClN2O2/c1-16(29)27-24-6-4-3-5-23(24)19-9-7-18-8-10-20-14-22(26)11-12-25(20)28(17(2)30)15-21(18)13-19/h3-14H,15H2,1-2H3,(H,27,29)/b10-8-. The number of anilines is 2. The van der Waals surface area contributed by atoms with Gasteiger partial charge in [0.2, 0.25) is 11.8 Å². The Bertz CT molecular complexity index is 1180. The van der Waals surface area contributed by atoms with E-state index in [9.17, 15) is 9.59 Å². The van der Waals surface area contributed by atoms with Crippen molar-refractivity contribution in [3.05, 3.63) is 82.4 Å². The molecule has 1 aliphatic heterocycles. The van der Waals surface area contributed by atoms with Crippen molar-refractivity contribution in [3.8, 4) is 11.1 Å². The van der Waals surface area contributed by atoms with Gasteiger partial charge in [-0.15, -0.1) is 0 Å². The maximum atomic E-state index is 12.5. The first-order valence-corrected chi connectivity index (χ1v) is 10.1. The van der Waals surface area contributed by atoms with E-state index >= 15 is 0 Å². The quantitative estimate of drug-likeness (QED) is 0.556.